The summed E-state index contributed by atoms with van der Waals surface area (Å²) in [6, 6.07) is 2.59. The topological polar surface area (TPSA) is 457 Å². The minimum Gasteiger partial charge on any atom is -0.481 e. The van der Waals surface area contributed by atoms with Crippen LogP contribution in [0.25, 0.3) is 0 Å². The maximum absolute atomic E-state index is 11.5. The maximum Gasteiger partial charge on any atom is 0.407 e. The van der Waals surface area contributed by atoms with Gasteiger partial charge in [-0.1, -0.05) is 7.43 Å². The molecule has 0 bridgehead atoms. The molecule has 0 aromatic heterocycles. The third kappa shape index (κ3) is 27.7. The van der Waals surface area contributed by atoms with Gasteiger partial charge in [-0.3, -0.25) is 9.59 Å². The van der Waals surface area contributed by atoms with E-state index in [9.17, 15) is 76.4 Å². The number of carboxylic acids is 1. The quantitative estimate of drug-likeness (QED) is 0.0867. The van der Waals surface area contributed by atoms with Crippen molar-refractivity contribution in [3.63, 3.8) is 0 Å². The van der Waals surface area contributed by atoms with Crippen LogP contribution in [0.3, 0.4) is 0 Å². The summed E-state index contributed by atoms with van der Waals surface area (Å²) in [4.78, 5) is 46.9. The first-order valence-corrected chi connectivity index (χ1v) is 44.6. The molecule has 0 aliphatic carbocycles. The molecular weight excluding hydrogens is 1640 g/mol. The maximum atomic E-state index is 11.5. The van der Waals surface area contributed by atoms with E-state index in [2.05, 4.69) is 95.8 Å². The highest BCUT2D eigenvalue weighted by Crippen LogP contribution is 2.50. The Balaban J connectivity index is 0.00000139. The standard InChI is InChI=1S/2C10H20N2O3.C10H22N2O.C10H19NO3.C9H16N2O.C9H17NO3.C9H19NO2.C8H18N2O.C8H17NO2.C8H17NO.CH4/c1-9(2)6-7(11-8(13)15-5)10(3,4)12(9)14;1-9(2)6-7(15-8(13)11-5)10(3,4)12(9)14;1-9(2)7-8(11(5)6)10(3,4)12(9)13;1-9(2)6-7(8(12)14-5)10(3,4)11(9)13;1-8(2)5-7(6-10)9(3,4)11(8)12;1-8(2)5-6(7(11)12)9(3,4)10(8)13;1-8(2)6-7(12-5)9(3,4)10(8)11;1-7(2)5-6(9)8(3,4)10(7)11;1-7(2)5-6(10)8(3,4)9(7)11;1-7(2)5-6-8(3,4)9(7)10;/h2*7,14H,6H2,1-5H3,(H,11,13);8,13H,7H2,1-6H3;7,13H,6H2,1-5H3;7,12H,5H2,1-4H3;6,13H,5H2,1-4H3,(H,11,12);7,11H,6H2,1-5H3;6,11H,5,9H2,1-4H3;6,10-11H,5H2,1-4H3;10H,5-6H2,1-4H3;1H4. The fourth-order valence-corrected chi connectivity index (χ4v) is 20.5. The van der Waals surface area contributed by atoms with Crippen molar-refractivity contribution in [2.24, 2.45) is 23.5 Å². The molecular formula is C92H189N15O20. The van der Waals surface area contributed by atoms with Gasteiger partial charge in [-0.2, -0.15) is 55.9 Å². The number of nitrogens with zero attached hydrogens (tertiary/aromatic N) is 12. The number of methoxy groups -OCH3 is 3. The number of aliphatic hydroxyl groups excluding tert-OH is 1. The average Bonchev–Trinajstić information content (AvgIpc) is 1.61. The fourth-order valence-electron chi connectivity index (χ4n) is 20.5. The molecule has 10 saturated heterocycles. The number of aliphatic carboxylic acids is 1. The van der Waals surface area contributed by atoms with Gasteiger partial charge >= 0.3 is 24.1 Å². The van der Waals surface area contributed by atoms with E-state index in [1.807, 2.05) is 208 Å². The number of hydrogen-bond donors (Lipinski definition) is 15. The number of ether oxygens (including phenoxy) is 4. The first kappa shape index (κ1) is 123. The molecule has 752 valence electrons. The van der Waals surface area contributed by atoms with Crippen LogP contribution in [0.5, 0.6) is 0 Å². The Kier molecular flexibility index (Phi) is 40.8. The summed E-state index contributed by atoms with van der Waals surface area (Å²) in [7, 11) is 10.1. The van der Waals surface area contributed by atoms with E-state index in [0.29, 0.717) is 38.1 Å². The number of hydroxylamine groups is 20. The van der Waals surface area contributed by atoms with E-state index < -0.39 is 69.0 Å². The van der Waals surface area contributed by atoms with Crippen molar-refractivity contribution in [1.29, 1.82) is 5.26 Å². The third-order valence-corrected chi connectivity index (χ3v) is 29.2. The zero-order valence-electron chi connectivity index (χ0n) is 87.1. The minimum absolute atomic E-state index is 0. The number of rotatable bonds is 6. The molecule has 0 aromatic rings. The summed E-state index contributed by atoms with van der Waals surface area (Å²) in [5, 5.41) is 144. The number of aliphatic hydroxyl groups is 1. The number of carboxylic acid groups (broad SMARTS) is 1. The van der Waals surface area contributed by atoms with Gasteiger partial charge in [0.1, 0.15) is 6.10 Å². The van der Waals surface area contributed by atoms with Gasteiger partial charge in [0, 0.05) is 93.6 Å². The Morgan fingerprint density at radius 1 is 0.370 bits per heavy atom. The molecule has 0 aromatic carbocycles. The van der Waals surface area contributed by atoms with Gasteiger partial charge in [0.25, 0.3) is 0 Å². The lowest BCUT2D eigenvalue weighted by Gasteiger charge is -2.37. The largest absolute Gasteiger partial charge is 0.481 e. The third-order valence-electron chi connectivity index (χ3n) is 29.2. The molecule has 16 N–H and O–H groups in total. The summed E-state index contributed by atoms with van der Waals surface area (Å²) in [5.74, 6) is -1.95. The number of likely N-dealkylation sites (N-methyl/N-ethyl adjacent to an activating group) is 1. The molecule has 35 nitrogen and oxygen atoms in total. The molecule has 127 heavy (non-hydrogen) atoms. The van der Waals surface area contributed by atoms with Crippen LogP contribution in [0.2, 0.25) is 0 Å². The highest BCUT2D eigenvalue weighted by atomic mass is 16.6. The van der Waals surface area contributed by atoms with Crippen LogP contribution in [-0.4, -0.2) is 332 Å². The van der Waals surface area contributed by atoms with E-state index in [4.69, 9.17) is 30.3 Å². The fraction of sp³-hybridized carbons (Fsp3) is 0.946. The van der Waals surface area contributed by atoms with Crippen LogP contribution in [0.4, 0.5) is 9.59 Å². The van der Waals surface area contributed by atoms with E-state index in [-0.39, 0.29) is 122 Å². The van der Waals surface area contributed by atoms with Gasteiger partial charge in [0.15, 0.2) is 0 Å². The molecule has 9 unspecified atom stereocenters. The van der Waals surface area contributed by atoms with Gasteiger partial charge in [-0.25, -0.2) is 9.59 Å². The van der Waals surface area contributed by atoms with E-state index in [0.717, 1.165) is 38.5 Å². The first-order chi connectivity index (χ1) is 55.6. The molecule has 2 amide bonds. The molecule has 10 fully saturated rings. The number of nitrogens with two attached hydrogens (primary N) is 1. The van der Waals surface area contributed by atoms with Crippen molar-refractivity contribution in [3.05, 3.63) is 0 Å². The number of amides is 2. The predicted molar refractivity (Wildman–Crippen MR) is 492 cm³/mol. The number of nitrogens with one attached hydrogen (secondary N) is 2. The SMILES string of the molecule is C.CC1(C)CC(C#N)C(C)(C)N1O.CC1(C)CC(C(=O)O)C(C)(C)N1O.CC1(C)CC(N)C(C)(C)N1O.CC1(C)CC(O)C(C)(C)N1O.CC1(C)CCC(C)(C)N1O.CN(C)C1CC(C)(C)N(O)C1(C)C.CNC(=O)OC1CC(C)(C)N(O)C1(C)C.COC(=O)C1CC(C)(C)N(O)C1(C)C.COC(=O)NC1CC(C)(C)N(O)C1(C)C.COC1CC(C)(C)N(O)C1(C)C. The van der Waals surface area contributed by atoms with Gasteiger partial charge in [-0.15, -0.1) is 0 Å². The Hall–Kier alpha value is -3.99. The normalized spacial score (nSPS) is 31.8. The second kappa shape index (κ2) is 42.1. The summed E-state index contributed by atoms with van der Waals surface area (Å²) < 4.78 is 19.9. The Labute approximate surface area is 766 Å². The highest BCUT2D eigenvalue weighted by molar-refractivity contribution is 5.74. The van der Waals surface area contributed by atoms with Gasteiger partial charge in [0.2, 0.25) is 0 Å². The molecule has 10 aliphatic rings. The summed E-state index contributed by atoms with van der Waals surface area (Å²) >= 11 is 0. The van der Waals surface area contributed by atoms with Crippen molar-refractivity contribution in [2.45, 2.75) is 502 Å². The number of esters is 1. The van der Waals surface area contributed by atoms with E-state index in [1.54, 1.807) is 21.0 Å². The summed E-state index contributed by atoms with van der Waals surface area (Å²) in [6.07, 6.45) is 7.06. The Morgan fingerprint density at radius 2 is 0.685 bits per heavy atom. The Bertz CT molecular complexity index is 3480. The lowest BCUT2D eigenvalue weighted by Crippen LogP contribution is -2.53. The van der Waals surface area contributed by atoms with Crippen LogP contribution in [0.1, 0.15) is 355 Å². The molecule has 0 saturated carbocycles. The minimum atomic E-state index is -0.838. The second-order valence-electron chi connectivity index (χ2n) is 48.6. The number of hydrogen-bond acceptors (Lipinski definition) is 32. The van der Waals surface area contributed by atoms with Gasteiger partial charge in [0.05, 0.1) is 106 Å². The smallest absolute Gasteiger partial charge is 0.407 e. The van der Waals surface area contributed by atoms with E-state index in [1.165, 1.54) is 71.9 Å². The molecule has 10 aliphatic heterocycles. The van der Waals surface area contributed by atoms with Gasteiger partial charge < -0.3 is 103 Å². The van der Waals surface area contributed by atoms with Gasteiger partial charge in [-0.05, 0) is 355 Å². The molecule has 0 spiro atoms. The number of alkyl carbamates (subject to hydrolysis) is 2. The lowest BCUT2D eigenvalue weighted by molar-refractivity contribution is -0.202. The zero-order chi connectivity index (χ0) is 101. The molecule has 35 heteroatoms. The summed E-state index contributed by atoms with van der Waals surface area (Å²) in [6.45, 7) is 77.7. The van der Waals surface area contributed by atoms with Crippen LogP contribution >= 0.6 is 0 Å². The Morgan fingerprint density at radius 3 is 0.866 bits per heavy atom. The van der Waals surface area contributed by atoms with E-state index >= 15 is 0 Å². The van der Waals surface area contributed by atoms with Crippen LogP contribution in [0.15, 0.2) is 0 Å². The molecule has 10 rings (SSSR count). The van der Waals surface area contributed by atoms with Crippen LogP contribution < -0.4 is 16.4 Å². The predicted octanol–water partition coefficient (Wildman–Crippen LogP) is 15.1. The molecule has 9 atom stereocenters. The number of carbonyl (C=O) groups excluding carboxylic acids is 3. The van der Waals surface area contributed by atoms with Crippen molar-refractivity contribution in [1.82, 2.24) is 66.2 Å². The molecule has 10 heterocycles. The van der Waals surface area contributed by atoms with Crippen molar-refractivity contribution < 1.29 is 100 Å². The first-order valence-electron chi connectivity index (χ1n) is 44.6. The number of nitriles is 1. The zero-order valence-corrected chi connectivity index (χ0v) is 87.1. The monoisotopic (exact) mass is 1820 g/mol. The average molecular weight is 1830 g/mol. The second-order valence-corrected chi connectivity index (χ2v) is 48.6. The van der Waals surface area contributed by atoms with Crippen molar-refractivity contribution in [3.8, 4) is 6.07 Å². The van der Waals surface area contributed by atoms with Crippen molar-refractivity contribution in [2.75, 3.05) is 42.5 Å². The lowest BCUT2D eigenvalue weighted by atomic mass is 9.87. The highest BCUT2D eigenvalue weighted by Gasteiger charge is 2.60. The number of carbonyl (C=O) groups is 4. The summed E-state index contributed by atoms with van der Waals surface area (Å²) in [5.41, 5.74) is -0.699. The van der Waals surface area contributed by atoms with Crippen LogP contribution in [0, 0.1) is 29.1 Å². The van der Waals surface area contributed by atoms with Crippen LogP contribution in [-0.2, 0) is 28.5 Å². The van der Waals surface area contributed by atoms with Crippen molar-refractivity contribution >= 4 is 24.1 Å². The molecule has 0 radical (unpaired) electrons.